The van der Waals surface area contributed by atoms with Gasteiger partial charge in [-0.2, -0.15) is 0 Å². The van der Waals surface area contributed by atoms with Crippen LogP contribution in [0.5, 0.6) is 0 Å². The largest absolute Gasteiger partial charge is 0.374 e. The van der Waals surface area contributed by atoms with Gasteiger partial charge in [-0.15, -0.1) is 11.3 Å². The molecule has 0 saturated carbocycles. The number of nitrogens with two attached hydrogens (primary N) is 1. The van der Waals surface area contributed by atoms with Crippen molar-refractivity contribution in [3.8, 4) is 0 Å². The summed E-state index contributed by atoms with van der Waals surface area (Å²) in [5, 5.41) is 18.3. The van der Waals surface area contributed by atoms with Gasteiger partial charge in [-0.1, -0.05) is 74.7 Å². The van der Waals surface area contributed by atoms with Gasteiger partial charge in [-0.25, -0.2) is 4.98 Å². The maximum absolute atomic E-state index is 12.9. The van der Waals surface area contributed by atoms with Crippen LogP contribution in [0.1, 0.15) is 155 Å². The van der Waals surface area contributed by atoms with E-state index in [2.05, 4.69) is 78.4 Å². The summed E-state index contributed by atoms with van der Waals surface area (Å²) < 4.78 is 5.75. The van der Waals surface area contributed by atoms with Gasteiger partial charge in [0.1, 0.15) is 22.8 Å². The third-order valence-electron chi connectivity index (χ3n) is 10.6. The highest BCUT2D eigenvalue weighted by molar-refractivity contribution is 7.09. The lowest BCUT2D eigenvalue weighted by atomic mass is 9.95. The van der Waals surface area contributed by atoms with Crippen LogP contribution < -0.4 is 37.6 Å². The van der Waals surface area contributed by atoms with Crippen LogP contribution in [0, 0.1) is 11.8 Å². The maximum atomic E-state index is 12.9. The molecule has 1 aliphatic rings. The molecule has 1 aliphatic heterocycles. The second kappa shape index (κ2) is 39.6. The monoisotopic (exact) mass is 995 g/mol. The van der Waals surface area contributed by atoms with Crippen molar-refractivity contribution in [2.24, 2.45) is 17.6 Å². The first kappa shape index (κ1) is 65.8. The second-order valence-corrected chi connectivity index (χ2v) is 17.9. The van der Waals surface area contributed by atoms with Gasteiger partial charge >= 0.3 is 0 Å². The van der Waals surface area contributed by atoms with E-state index in [9.17, 15) is 43.2 Å². The molecule has 8 N–H and O–H groups in total. The molecule has 0 radical (unpaired) electrons. The molecule has 20 nitrogen and oxygen atoms in total. The molecule has 1 aromatic rings. The number of carbonyl (C=O) groups is 9. The van der Waals surface area contributed by atoms with E-state index in [-0.39, 0.29) is 66.8 Å². The number of hydrogen-bond acceptors (Lipinski definition) is 13. The molecule has 5 atom stereocenters. The summed E-state index contributed by atoms with van der Waals surface area (Å²) in [4.78, 5) is 111. The molecule has 69 heavy (non-hydrogen) atoms. The molecule has 394 valence electrons. The highest BCUT2D eigenvalue weighted by Gasteiger charge is 2.30. The summed E-state index contributed by atoms with van der Waals surface area (Å²) in [5.41, 5.74) is 5.15. The van der Waals surface area contributed by atoms with Crippen LogP contribution in [0.2, 0.25) is 0 Å². The third-order valence-corrected chi connectivity index (χ3v) is 11.5. The van der Waals surface area contributed by atoms with Gasteiger partial charge in [0, 0.05) is 89.1 Å². The van der Waals surface area contributed by atoms with Crippen LogP contribution in [0.25, 0.3) is 0 Å². The molecular formula is C48H86N10O10S. The summed E-state index contributed by atoms with van der Waals surface area (Å²) in [6, 6.07) is -0.835. The maximum Gasteiger partial charge on any atom is 0.271 e. The quantitative estimate of drug-likeness (QED) is 0.0332. The fraction of sp³-hybridized carbons (Fsp3) is 0.708. The first-order valence-corrected chi connectivity index (χ1v) is 25.1. The lowest BCUT2D eigenvalue weighted by Crippen LogP contribution is -2.49. The number of hydrogen-bond donors (Lipinski definition) is 7. The van der Waals surface area contributed by atoms with Crippen molar-refractivity contribution in [2.45, 2.75) is 157 Å². The van der Waals surface area contributed by atoms with E-state index in [4.69, 9.17) is 10.5 Å². The zero-order valence-electron chi connectivity index (χ0n) is 43.5. The highest BCUT2D eigenvalue weighted by atomic mass is 32.1. The first-order valence-electron chi connectivity index (χ1n) is 24.2. The number of aromatic nitrogens is 1. The molecule has 1 aromatic heterocycles. The number of carbonyl (C=O) groups excluding carboxylic acids is 9. The summed E-state index contributed by atoms with van der Waals surface area (Å²) in [6.07, 6.45) is 10.6. The zero-order valence-corrected chi connectivity index (χ0v) is 44.3. The SMILES string of the molecule is CCC.CCC(C)NC(=O)CNC(=O)C(CC)NC(=O)c1csc(C(CC(C(C)C)N(C)C(=O)C[C@@H](C)CC)OC)n1.CNCCCCCC(N)=O.O=CNCCNC(=O)CCN1C(=O)C=CC1=O. The number of nitrogens with zero attached hydrogens (tertiary/aromatic N) is 3. The number of methoxy groups -OCH3 is 1. The number of nitrogens with one attached hydrogen (secondary N) is 6. The summed E-state index contributed by atoms with van der Waals surface area (Å²) in [6.45, 7) is 19.8. The van der Waals surface area contributed by atoms with E-state index in [1.165, 1.54) is 29.9 Å². The van der Waals surface area contributed by atoms with Gasteiger partial charge in [0.15, 0.2) is 0 Å². The Bertz CT molecular complexity index is 1710. The summed E-state index contributed by atoms with van der Waals surface area (Å²) in [5.74, 6) is -1.81. The van der Waals surface area contributed by atoms with Crippen molar-refractivity contribution < 1.29 is 47.9 Å². The van der Waals surface area contributed by atoms with Crippen molar-refractivity contribution in [3.05, 3.63) is 28.2 Å². The smallest absolute Gasteiger partial charge is 0.271 e. The van der Waals surface area contributed by atoms with Crippen LogP contribution in [-0.4, -0.2) is 141 Å². The van der Waals surface area contributed by atoms with Crippen molar-refractivity contribution in [1.82, 2.24) is 46.7 Å². The van der Waals surface area contributed by atoms with Crippen molar-refractivity contribution >= 4 is 65.0 Å². The Morgan fingerprint density at radius 2 is 1.49 bits per heavy atom. The molecule has 9 amide bonds. The van der Waals surface area contributed by atoms with E-state index in [1.807, 2.05) is 32.8 Å². The van der Waals surface area contributed by atoms with Crippen LogP contribution in [0.15, 0.2) is 17.5 Å². The lowest BCUT2D eigenvalue weighted by Gasteiger charge is -2.34. The predicted octanol–water partition coefficient (Wildman–Crippen LogP) is 3.51. The molecule has 0 aliphatic carbocycles. The van der Waals surface area contributed by atoms with Crippen molar-refractivity contribution in [1.29, 1.82) is 0 Å². The molecule has 0 bridgehead atoms. The fourth-order valence-electron chi connectivity index (χ4n) is 6.07. The average molecular weight is 995 g/mol. The van der Waals surface area contributed by atoms with E-state index in [1.54, 1.807) is 19.4 Å². The summed E-state index contributed by atoms with van der Waals surface area (Å²) in [7, 11) is 5.36. The normalized spacial score (nSPS) is 13.7. The number of ether oxygens (including phenoxy) is 1. The van der Waals surface area contributed by atoms with Crippen LogP contribution in [-0.2, 0) is 43.1 Å². The Labute approximate surface area is 415 Å². The molecule has 0 fully saturated rings. The van der Waals surface area contributed by atoms with Gasteiger partial charge in [0.25, 0.3) is 17.7 Å². The molecule has 4 unspecified atom stereocenters. The number of imide groups is 1. The topological polar surface area (TPSA) is 280 Å². The van der Waals surface area contributed by atoms with Crippen LogP contribution >= 0.6 is 11.3 Å². The van der Waals surface area contributed by atoms with Gasteiger partial charge in [0.05, 0.1) is 6.54 Å². The van der Waals surface area contributed by atoms with Gasteiger partial charge in [0.2, 0.25) is 35.9 Å². The number of rotatable bonds is 30. The molecule has 0 saturated heterocycles. The molecule has 2 heterocycles. The Kier molecular flexibility index (Phi) is 37.7. The standard InChI is InChI=1S/C28H49N5O5S.C10H13N3O4.C7H16N2O.C3H8/c1-10-18(6)13-25(35)33(8)22(17(4)5)14-23(38-9)28-32-21(16-39-28)27(37)31-20(12-3)26(36)29-15-24(34)30-19(7)11-2;14-7-11-4-5-12-8(15)3-6-13-9(16)1-2-10(13)17;1-9-6-4-2-3-5-7(8)10;1-3-2/h16-20,22-23H,10-15H2,1-9H3,(H,29,36)(H,30,34)(H,31,37);1-2,7H,3-6H2,(H,11,14)(H,12,15);9H,2-6H2,1H3,(H2,8,10);3H2,1-2H3/t18-,19?,20?,22?,23?;;;/m0.../s1. The highest BCUT2D eigenvalue weighted by Crippen LogP contribution is 2.30. The minimum atomic E-state index is -0.798. The average Bonchev–Trinajstić information content (AvgIpc) is 3.94. The molecule has 21 heteroatoms. The summed E-state index contributed by atoms with van der Waals surface area (Å²) >= 11 is 1.31. The number of unbranched alkanes of at least 4 members (excludes halogenated alkanes) is 2. The predicted molar refractivity (Wildman–Crippen MR) is 270 cm³/mol. The van der Waals surface area contributed by atoms with Gasteiger partial charge in [-0.05, 0) is 58.0 Å². The third kappa shape index (κ3) is 30.1. The van der Waals surface area contributed by atoms with Crippen molar-refractivity contribution in [2.75, 3.05) is 53.9 Å². The second-order valence-electron chi connectivity index (χ2n) is 17.0. The van der Waals surface area contributed by atoms with E-state index >= 15 is 0 Å². The van der Waals surface area contributed by atoms with Crippen molar-refractivity contribution in [3.63, 3.8) is 0 Å². The minimum Gasteiger partial charge on any atom is -0.374 e. The lowest BCUT2D eigenvalue weighted by molar-refractivity contribution is -0.137. The Hall–Kier alpha value is -5.28. The molecule has 2 rings (SSSR count). The Morgan fingerprint density at radius 1 is 0.855 bits per heavy atom. The van der Waals surface area contributed by atoms with Gasteiger partial charge in [-0.3, -0.25) is 48.1 Å². The fourth-order valence-corrected chi connectivity index (χ4v) is 6.96. The van der Waals surface area contributed by atoms with Crippen LogP contribution in [0.3, 0.4) is 0 Å². The Balaban J connectivity index is 0. The number of amides is 9. The molecular weight excluding hydrogens is 909 g/mol. The van der Waals surface area contributed by atoms with E-state index in [0.29, 0.717) is 56.1 Å². The zero-order chi connectivity index (χ0) is 52.9. The van der Waals surface area contributed by atoms with Crippen LogP contribution in [0.4, 0.5) is 0 Å². The van der Waals surface area contributed by atoms with E-state index in [0.717, 1.165) is 43.5 Å². The minimum absolute atomic E-state index is 0.0207. The Morgan fingerprint density at radius 3 is 2.01 bits per heavy atom. The molecule has 0 aromatic carbocycles. The number of primary amides is 1. The van der Waals surface area contributed by atoms with Gasteiger partial charge < -0.3 is 47.3 Å². The first-order chi connectivity index (χ1) is 32.7. The molecule has 0 spiro atoms. The number of thiazole rings is 1. The van der Waals surface area contributed by atoms with E-state index < -0.39 is 35.8 Å².